The summed E-state index contributed by atoms with van der Waals surface area (Å²) >= 11 is 0. The highest BCUT2D eigenvalue weighted by Crippen LogP contribution is 2.56. The first-order chi connectivity index (χ1) is 33.4. The summed E-state index contributed by atoms with van der Waals surface area (Å²) in [5.74, 6) is 0.0282. The van der Waals surface area contributed by atoms with Crippen LogP contribution in [0.4, 0.5) is 0 Å². The highest BCUT2D eigenvalue weighted by molar-refractivity contribution is 6.09. The van der Waals surface area contributed by atoms with Gasteiger partial charge < -0.3 is 9.15 Å². The number of ether oxygens (including phenoxy) is 1. The van der Waals surface area contributed by atoms with Crippen molar-refractivity contribution in [2.24, 2.45) is 22.6 Å². The normalized spacial score (nSPS) is 25.6. The lowest BCUT2D eigenvalue weighted by Gasteiger charge is -2.49. The second-order valence-electron chi connectivity index (χ2n) is 18.1. The van der Waals surface area contributed by atoms with Crippen LogP contribution in [-0.4, -0.2) is 15.0 Å². The van der Waals surface area contributed by atoms with Gasteiger partial charge in [-0.1, -0.05) is 58.0 Å². The fourth-order valence-corrected chi connectivity index (χ4v) is 9.83. The van der Waals surface area contributed by atoms with Crippen LogP contribution in [-0.2, 0) is 0 Å². The van der Waals surface area contributed by atoms with Crippen molar-refractivity contribution in [3.63, 3.8) is 0 Å². The summed E-state index contributed by atoms with van der Waals surface area (Å²) in [6, 6.07) is 21.6. The molecule has 3 aromatic carbocycles. The summed E-state index contributed by atoms with van der Waals surface area (Å²) in [5, 5.41) is 0.987. The minimum Gasteiger partial charge on any atom is -0.457 e. The number of hydrogen-bond acceptors (Lipinski definition) is 5. The van der Waals surface area contributed by atoms with E-state index in [1.165, 1.54) is 18.2 Å². The summed E-state index contributed by atoms with van der Waals surface area (Å²) in [4.78, 5) is 13.8. The van der Waals surface area contributed by atoms with Crippen LogP contribution in [0, 0.1) is 57.0 Å². The van der Waals surface area contributed by atoms with Gasteiger partial charge in [-0.05, 0) is 195 Å². The Morgan fingerprint density at radius 3 is 2.31 bits per heavy atom. The van der Waals surface area contributed by atoms with E-state index in [-0.39, 0.29) is 68.0 Å². The number of benzene rings is 3. The van der Waals surface area contributed by atoms with Crippen LogP contribution in [0.1, 0.15) is 130 Å². The second-order valence-corrected chi connectivity index (χ2v) is 18.1. The molecule has 3 unspecified atom stereocenters. The summed E-state index contributed by atoms with van der Waals surface area (Å²) in [5.41, 5.74) is 3.72. The highest BCUT2D eigenvalue weighted by Gasteiger charge is 2.44. The molecule has 2 fully saturated rings. The standard InChI is InChI=1S/C54H59N3O2/c1-32-23-48(55-30-34(32)3)39-24-45(38-13-11-10-12-14-38)37(6)50(25-39)58-41-26-46-43-16-15-36(5)57-52(43)59-51(46)47(27-41)49-28-44(35(4)31-56-49)42-19-22-54(9,29-33(42)2)40-17-20-53(7,8)21-18-40/h10-16,23-28,30-31,33,40,42H,17-22,29H2,1-9H3/i1D3,3D3,5D3,6D3,40D. The lowest BCUT2D eigenvalue weighted by atomic mass is 9.56. The Kier molecular flexibility index (Phi) is 6.83. The summed E-state index contributed by atoms with van der Waals surface area (Å²) in [6.45, 7) is 0.406. The number of pyridine rings is 3. The highest BCUT2D eigenvalue weighted by atomic mass is 16.5. The van der Waals surface area contributed by atoms with Gasteiger partial charge >= 0.3 is 0 Å². The van der Waals surface area contributed by atoms with Crippen molar-refractivity contribution >= 4 is 22.1 Å². The third-order valence-electron chi connectivity index (χ3n) is 13.4. The molecule has 0 radical (unpaired) electrons. The molecule has 0 amide bonds. The van der Waals surface area contributed by atoms with E-state index in [2.05, 4.69) is 50.7 Å². The number of nitrogens with zero attached hydrogens (tertiary/aromatic N) is 3. The molecule has 5 nitrogen and oxygen atoms in total. The van der Waals surface area contributed by atoms with Gasteiger partial charge in [0.2, 0.25) is 5.71 Å². The molecule has 7 aromatic rings. The van der Waals surface area contributed by atoms with Crippen molar-refractivity contribution in [2.45, 2.75) is 113 Å². The van der Waals surface area contributed by atoms with Gasteiger partial charge in [0.25, 0.3) is 0 Å². The second kappa shape index (κ2) is 15.1. The van der Waals surface area contributed by atoms with Gasteiger partial charge in [-0.2, -0.15) is 0 Å². The van der Waals surface area contributed by atoms with E-state index in [1.807, 2.05) is 6.20 Å². The zero-order valence-corrected chi connectivity index (χ0v) is 34.4. The van der Waals surface area contributed by atoms with Crippen molar-refractivity contribution in [1.82, 2.24) is 15.0 Å². The Morgan fingerprint density at radius 1 is 0.746 bits per heavy atom. The zero-order chi connectivity index (χ0) is 52.1. The quantitative estimate of drug-likeness (QED) is 0.161. The Bertz CT molecular complexity index is 3200. The van der Waals surface area contributed by atoms with E-state index < -0.39 is 44.4 Å². The minimum atomic E-state index is -2.82. The number of aromatic nitrogens is 3. The fourth-order valence-electron chi connectivity index (χ4n) is 9.83. The molecule has 0 saturated heterocycles. The van der Waals surface area contributed by atoms with E-state index in [9.17, 15) is 1.37 Å². The molecule has 59 heavy (non-hydrogen) atoms. The van der Waals surface area contributed by atoms with Crippen LogP contribution in [0.3, 0.4) is 0 Å². The minimum absolute atomic E-state index is 0.0770. The van der Waals surface area contributed by atoms with E-state index >= 15 is 0 Å². The molecule has 302 valence electrons. The summed E-state index contributed by atoms with van der Waals surface area (Å²) in [7, 11) is 0. The monoisotopic (exact) mass is 795 g/mol. The van der Waals surface area contributed by atoms with E-state index in [4.69, 9.17) is 30.6 Å². The van der Waals surface area contributed by atoms with Gasteiger partial charge in [0, 0.05) is 57.8 Å². The molecular weight excluding hydrogens is 723 g/mol. The SMILES string of the molecule is [2H]C([2H])([2H])c1ccc2c(n1)oc1c(-c3cc(C4CCC(C)(C5([2H])CCC(C)(C)CC5)CC4C)c(C)cn3)cc(Oc3cc(-c4cc(C([2H])([2H])[2H])c(C([2H])([2H])[2H])cn4)cc(-c4ccccc4)c3C([2H])([2H])[2H])cc12. The Hall–Kier alpha value is -5.29. The maximum absolute atomic E-state index is 9.78. The maximum atomic E-state index is 9.78. The largest absolute Gasteiger partial charge is 0.457 e. The molecule has 0 N–H and O–H groups in total. The van der Waals surface area contributed by atoms with E-state index in [1.54, 1.807) is 54.6 Å². The molecule has 2 aliphatic carbocycles. The fraction of sp³-hybridized carbons (Fsp3) is 0.389. The Morgan fingerprint density at radius 2 is 1.54 bits per heavy atom. The first kappa shape index (κ1) is 26.7. The smallest absolute Gasteiger partial charge is 0.227 e. The number of aryl methyl sites for hydroxylation is 4. The van der Waals surface area contributed by atoms with Gasteiger partial charge in [-0.3, -0.25) is 9.97 Å². The molecule has 3 atom stereocenters. The lowest BCUT2D eigenvalue weighted by Crippen LogP contribution is -2.38. The summed E-state index contributed by atoms with van der Waals surface area (Å²) < 4.78 is 123. The predicted octanol–water partition coefficient (Wildman–Crippen LogP) is 15.2. The predicted molar refractivity (Wildman–Crippen MR) is 243 cm³/mol. The van der Waals surface area contributed by atoms with Gasteiger partial charge in [0.1, 0.15) is 17.1 Å². The first-order valence-corrected chi connectivity index (χ1v) is 20.7. The van der Waals surface area contributed by atoms with Crippen LogP contribution >= 0.6 is 0 Å². The topological polar surface area (TPSA) is 61.0 Å². The van der Waals surface area contributed by atoms with Gasteiger partial charge in [0.05, 0.1) is 11.4 Å². The van der Waals surface area contributed by atoms with E-state index in [0.29, 0.717) is 33.2 Å². The lowest BCUT2D eigenvalue weighted by molar-refractivity contribution is 0.0289. The van der Waals surface area contributed by atoms with Crippen molar-refractivity contribution in [1.29, 1.82) is 0 Å². The summed E-state index contributed by atoms with van der Waals surface area (Å²) in [6.07, 6.45) is 9.50. The van der Waals surface area contributed by atoms with Crippen LogP contribution in [0.5, 0.6) is 11.5 Å². The molecule has 9 rings (SSSR count). The molecule has 5 heteroatoms. The average Bonchev–Trinajstić information content (AvgIpc) is 3.67. The Labute approximate surface area is 369 Å². The molecule has 0 spiro atoms. The number of fused-ring (bicyclic) bond motifs is 3. The third-order valence-corrected chi connectivity index (χ3v) is 13.4. The average molecular weight is 795 g/mol. The first-order valence-electron chi connectivity index (χ1n) is 27.2. The molecule has 0 aliphatic heterocycles. The Balaban J connectivity index is 1.21. The van der Waals surface area contributed by atoms with Gasteiger partial charge in [-0.25, -0.2) is 4.98 Å². The molecule has 4 aromatic heterocycles. The molecule has 2 saturated carbocycles. The molecule has 4 heterocycles. The van der Waals surface area contributed by atoms with Crippen molar-refractivity contribution in [3.8, 4) is 45.1 Å². The van der Waals surface area contributed by atoms with Crippen LogP contribution in [0.25, 0.3) is 55.7 Å². The zero-order valence-electron chi connectivity index (χ0n) is 47.4. The van der Waals surface area contributed by atoms with Crippen molar-refractivity contribution in [3.05, 3.63) is 125 Å². The molecule has 0 bridgehead atoms. The van der Waals surface area contributed by atoms with E-state index in [0.717, 1.165) is 62.3 Å². The van der Waals surface area contributed by atoms with Crippen LogP contribution < -0.4 is 4.74 Å². The number of furan rings is 1. The number of rotatable bonds is 7. The number of hydrogen-bond donors (Lipinski definition) is 0. The maximum Gasteiger partial charge on any atom is 0.227 e. The molecule has 2 aliphatic rings. The third kappa shape index (κ3) is 7.47. The van der Waals surface area contributed by atoms with Crippen LogP contribution in [0.15, 0.2) is 95.7 Å². The molecular formula is C54H59N3O2. The van der Waals surface area contributed by atoms with Crippen molar-refractivity contribution in [2.75, 3.05) is 0 Å². The van der Waals surface area contributed by atoms with Gasteiger partial charge in [0.15, 0.2) is 0 Å². The van der Waals surface area contributed by atoms with Gasteiger partial charge in [-0.15, -0.1) is 0 Å². The van der Waals surface area contributed by atoms with Crippen LogP contribution in [0.2, 0.25) is 0 Å². The van der Waals surface area contributed by atoms with Crippen molar-refractivity contribution < 1.29 is 27.0 Å².